The monoisotopic (exact) mass is 534 g/mol. The van der Waals surface area contributed by atoms with Gasteiger partial charge in [-0.05, 0) is 62.6 Å². The van der Waals surface area contributed by atoms with E-state index in [1.165, 1.54) is 5.56 Å². The predicted octanol–water partition coefficient (Wildman–Crippen LogP) is 4.66. The lowest BCUT2D eigenvalue weighted by Gasteiger charge is -2.41. The number of hydrogen-bond acceptors (Lipinski definition) is 7. The molecule has 0 bridgehead atoms. The van der Waals surface area contributed by atoms with Gasteiger partial charge in [0, 0.05) is 54.3 Å². The minimum absolute atomic E-state index is 0.169. The average Bonchev–Trinajstić information content (AvgIpc) is 3.68. The number of rotatable bonds is 7. The second kappa shape index (κ2) is 9.84. The summed E-state index contributed by atoms with van der Waals surface area (Å²) in [6.07, 6.45) is 8.41. The van der Waals surface area contributed by atoms with Crippen molar-refractivity contribution in [3.05, 3.63) is 114 Å². The van der Waals surface area contributed by atoms with Crippen LogP contribution in [0.25, 0.3) is 16.5 Å². The van der Waals surface area contributed by atoms with Crippen LogP contribution in [-0.2, 0) is 23.7 Å². The highest BCUT2D eigenvalue weighted by atomic mass is 16.5. The number of nitrogens with one attached hydrogen (secondary N) is 3. The van der Waals surface area contributed by atoms with E-state index in [1.54, 1.807) is 9.69 Å². The molecule has 2 aliphatic rings. The largest absolute Gasteiger partial charge is 0.421 e. The molecule has 0 spiro atoms. The molecule has 4 aromatic rings. The zero-order chi connectivity index (χ0) is 28.0. The Morgan fingerprint density at radius 3 is 2.77 bits per heavy atom. The summed E-state index contributed by atoms with van der Waals surface area (Å²) in [6.45, 7) is 15.3. The number of aromatic nitrogens is 4. The van der Waals surface area contributed by atoms with E-state index in [4.69, 9.17) is 9.84 Å². The van der Waals surface area contributed by atoms with Gasteiger partial charge in [-0.2, -0.15) is 5.10 Å². The van der Waals surface area contributed by atoms with Crippen molar-refractivity contribution in [3.8, 4) is 0 Å². The highest BCUT2D eigenvalue weighted by molar-refractivity contribution is 5.97. The molecule has 5 heterocycles. The molecule has 9 heteroatoms. The van der Waals surface area contributed by atoms with E-state index in [0.717, 1.165) is 44.7 Å². The first-order chi connectivity index (χ1) is 19.3. The molecule has 3 aromatic heterocycles. The van der Waals surface area contributed by atoms with Crippen LogP contribution in [0.4, 0.5) is 0 Å². The maximum absolute atomic E-state index is 6.31. The van der Waals surface area contributed by atoms with Crippen LogP contribution in [0.3, 0.4) is 0 Å². The van der Waals surface area contributed by atoms with Gasteiger partial charge in [0.25, 0.3) is 0 Å². The Balaban J connectivity index is 1.46. The van der Waals surface area contributed by atoms with Crippen molar-refractivity contribution in [3.63, 3.8) is 0 Å². The van der Waals surface area contributed by atoms with Crippen molar-refractivity contribution in [2.45, 2.75) is 38.8 Å². The van der Waals surface area contributed by atoms with Gasteiger partial charge in [0.2, 0.25) is 11.8 Å². The summed E-state index contributed by atoms with van der Waals surface area (Å²) >= 11 is 0. The summed E-state index contributed by atoms with van der Waals surface area (Å²) in [7, 11) is 1.91. The quantitative estimate of drug-likeness (QED) is 0.319. The lowest BCUT2D eigenvalue weighted by Crippen LogP contribution is -2.59. The molecule has 1 aromatic carbocycles. The van der Waals surface area contributed by atoms with E-state index < -0.39 is 5.54 Å². The number of nitrogens with zero attached hydrogens (tertiary/aromatic N) is 5. The van der Waals surface area contributed by atoms with E-state index in [-0.39, 0.29) is 6.04 Å². The van der Waals surface area contributed by atoms with E-state index in [1.807, 2.05) is 64.7 Å². The third-order valence-corrected chi connectivity index (χ3v) is 7.67. The molecule has 0 saturated heterocycles. The summed E-state index contributed by atoms with van der Waals surface area (Å²) < 4.78 is 8.10. The van der Waals surface area contributed by atoms with Crippen molar-refractivity contribution in [2.24, 2.45) is 12.1 Å². The maximum Gasteiger partial charge on any atom is 0.245 e. The Kier molecular flexibility index (Phi) is 6.31. The second-order valence-electron chi connectivity index (χ2n) is 10.4. The predicted molar refractivity (Wildman–Crippen MR) is 158 cm³/mol. The molecule has 2 aliphatic heterocycles. The number of benzene rings is 1. The Morgan fingerprint density at radius 1 is 1.25 bits per heavy atom. The fraction of sp³-hybridized carbons (Fsp3) is 0.258. The number of fused-ring (bicyclic) bond motifs is 3. The molecule has 0 radical (unpaired) electrons. The molecular weight excluding hydrogens is 500 g/mol. The van der Waals surface area contributed by atoms with Gasteiger partial charge in [0.15, 0.2) is 5.54 Å². The molecule has 0 aliphatic carbocycles. The SMILES string of the molecule is C=C(N/C=C(\C)c1ccc(C)cn1)[C@H]1Cc2c([nH]c3ccccc23)C(C2=NN(CC)C(=C)O2)(c2cnn(C)c2)N1. The van der Waals surface area contributed by atoms with Crippen LogP contribution in [0.2, 0.25) is 0 Å². The van der Waals surface area contributed by atoms with Crippen LogP contribution in [-0.4, -0.2) is 43.2 Å². The molecule has 1 unspecified atom stereocenters. The topological polar surface area (TPSA) is 95.4 Å². The zero-order valence-corrected chi connectivity index (χ0v) is 23.3. The number of pyridine rings is 1. The van der Waals surface area contributed by atoms with Gasteiger partial charge in [0.05, 0.1) is 23.6 Å². The van der Waals surface area contributed by atoms with Crippen molar-refractivity contribution < 1.29 is 4.74 Å². The van der Waals surface area contributed by atoms with Gasteiger partial charge in [0.1, 0.15) is 0 Å². The van der Waals surface area contributed by atoms with Crippen molar-refractivity contribution >= 4 is 22.4 Å². The van der Waals surface area contributed by atoms with E-state index >= 15 is 0 Å². The summed E-state index contributed by atoms with van der Waals surface area (Å²) in [5, 5.41) is 19.7. The molecule has 2 atom stereocenters. The molecule has 3 N–H and O–H groups in total. The third kappa shape index (κ3) is 4.19. The summed E-state index contributed by atoms with van der Waals surface area (Å²) in [5.74, 6) is 0.983. The first kappa shape index (κ1) is 25.6. The molecule has 204 valence electrons. The van der Waals surface area contributed by atoms with Gasteiger partial charge in [-0.1, -0.05) is 30.8 Å². The third-order valence-electron chi connectivity index (χ3n) is 7.67. The Morgan fingerprint density at radius 2 is 2.08 bits per heavy atom. The van der Waals surface area contributed by atoms with Crippen molar-refractivity contribution in [2.75, 3.05) is 6.54 Å². The second-order valence-corrected chi connectivity index (χ2v) is 10.4. The first-order valence-electron chi connectivity index (χ1n) is 13.5. The number of aromatic amines is 1. The number of aryl methyl sites for hydroxylation is 2. The maximum atomic E-state index is 6.31. The normalized spacial score (nSPS) is 20.9. The van der Waals surface area contributed by atoms with E-state index in [9.17, 15) is 0 Å². The highest BCUT2D eigenvalue weighted by Crippen LogP contribution is 2.43. The molecule has 40 heavy (non-hydrogen) atoms. The van der Waals surface area contributed by atoms with Gasteiger partial charge in [-0.25, -0.2) is 5.01 Å². The average molecular weight is 535 g/mol. The summed E-state index contributed by atoms with van der Waals surface area (Å²) in [4.78, 5) is 8.25. The number of H-pyrrole nitrogens is 1. The number of allylic oxidation sites excluding steroid dienone is 1. The Bertz CT molecular complexity index is 1670. The molecule has 6 rings (SSSR count). The lowest BCUT2D eigenvalue weighted by atomic mass is 9.79. The van der Waals surface area contributed by atoms with Gasteiger partial charge < -0.3 is 15.0 Å². The van der Waals surface area contributed by atoms with Crippen LogP contribution in [0.15, 0.2) is 91.0 Å². The smallest absolute Gasteiger partial charge is 0.245 e. The Hall–Kier alpha value is -4.63. The zero-order valence-electron chi connectivity index (χ0n) is 23.3. The number of ether oxygens (including phenoxy) is 1. The van der Waals surface area contributed by atoms with E-state index in [2.05, 4.69) is 63.1 Å². The minimum Gasteiger partial charge on any atom is -0.421 e. The van der Waals surface area contributed by atoms with Crippen LogP contribution in [0.5, 0.6) is 0 Å². The number of para-hydroxylation sites is 1. The van der Waals surface area contributed by atoms with Crippen LogP contribution in [0, 0.1) is 6.92 Å². The van der Waals surface area contributed by atoms with Crippen LogP contribution in [0.1, 0.15) is 41.9 Å². The summed E-state index contributed by atoms with van der Waals surface area (Å²) in [5.41, 5.74) is 7.03. The standard InChI is InChI=1S/C31H34N8O/c1-7-39-22(5)40-30(37-39)31(23-17-34-38(6)18-23)29-25(24-10-8-9-11-27(24)35-29)14-28(36-31)21(4)32-16-20(3)26-13-12-19(2)15-33-26/h8-13,15-18,28,32,35-36H,4-5,7,14H2,1-3,6H3/b20-16+/t28-,31?/m1/s1. The van der Waals surface area contributed by atoms with Gasteiger partial charge >= 0.3 is 0 Å². The fourth-order valence-corrected chi connectivity index (χ4v) is 5.49. The number of hydrazone groups is 1. The van der Waals surface area contributed by atoms with Gasteiger partial charge in [-0.15, -0.1) is 5.10 Å². The summed E-state index contributed by atoms with van der Waals surface area (Å²) in [6, 6.07) is 12.3. The molecule has 0 saturated carbocycles. The van der Waals surface area contributed by atoms with Crippen LogP contribution >= 0.6 is 0 Å². The highest BCUT2D eigenvalue weighted by Gasteiger charge is 2.52. The number of hydrogen-bond donors (Lipinski definition) is 3. The first-order valence-corrected chi connectivity index (χ1v) is 13.5. The molecule has 0 amide bonds. The lowest BCUT2D eigenvalue weighted by molar-refractivity contribution is 0.264. The van der Waals surface area contributed by atoms with Crippen molar-refractivity contribution in [1.29, 1.82) is 0 Å². The molecule has 9 nitrogen and oxygen atoms in total. The fourth-order valence-electron chi connectivity index (χ4n) is 5.49. The van der Waals surface area contributed by atoms with Crippen LogP contribution < -0.4 is 10.6 Å². The Labute approximate surface area is 233 Å². The van der Waals surface area contributed by atoms with Gasteiger partial charge in [-0.3, -0.25) is 15.0 Å². The molecular formula is C31H34N8O. The molecule has 0 fully saturated rings. The van der Waals surface area contributed by atoms with Crippen molar-refractivity contribution in [1.82, 2.24) is 35.4 Å². The van der Waals surface area contributed by atoms with E-state index in [0.29, 0.717) is 24.7 Å². The minimum atomic E-state index is -0.958.